The Kier molecular flexibility index (Phi) is 3.86. The highest BCUT2D eigenvalue weighted by atomic mass is 19.4. The van der Waals surface area contributed by atoms with Crippen LogP contribution < -0.4 is 0 Å². The third kappa shape index (κ3) is 2.96. The molecule has 0 aromatic carbocycles. The van der Waals surface area contributed by atoms with Gasteiger partial charge in [0.25, 0.3) is 0 Å². The Balaban J connectivity index is 1.56. The smallest absolute Gasteiger partial charge is 0.391 e. The van der Waals surface area contributed by atoms with Crippen molar-refractivity contribution >= 4 is 5.97 Å². The molecule has 0 spiro atoms. The molecule has 8 heteroatoms. The lowest BCUT2D eigenvalue weighted by Crippen LogP contribution is -2.34. The van der Waals surface area contributed by atoms with Gasteiger partial charge in [0, 0.05) is 11.8 Å². The average molecular weight is 318 g/mol. The van der Waals surface area contributed by atoms with Crippen LogP contribution >= 0.6 is 0 Å². The van der Waals surface area contributed by atoms with E-state index in [-0.39, 0.29) is 36.5 Å². The number of aromatic nitrogens is 2. The summed E-state index contributed by atoms with van der Waals surface area (Å²) in [5.74, 6) is -1.92. The SMILES string of the molecule is O=C(O)[C@H]1CC[C@H](c2nnc([C@H]3C[C@@H](C(F)(F)F)C3)o2)CC1. The molecule has 5 nitrogen and oxygen atoms in total. The Bertz CT molecular complexity index is 544. The van der Waals surface area contributed by atoms with Gasteiger partial charge in [-0.25, -0.2) is 0 Å². The lowest BCUT2D eigenvalue weighted by molar-refractivity contribution is -0.198. The van der Waals surface area contributed by atoms with Crippen molar-refractivity contribution in [2.75, 3.05) is 0 Å². The minimum absolute atomic E-state index is 0.0108. The largest absolute Gasteiger partial charge is 0.481 e. The summed E-state index contributed by atoms with van der Waals surface area (Å²) in [6.45, 7) is 0. The third-order valence-corrected chi connectivity index (χ3v) is 4.83. The zero-order chi connectivity index (χ0) is 15.9. The Hall–Kier alpha value is -1.60. The van der Waals surface area contributed by atoms with E-state index in [0.717, 1.165) is 0 Å². The van der Waals surface area contributed by atoms with Crippen LogP contribution in [0, 0.1) is 11.8 Å². The molecule has 3 rings (SSSR count). The van der Waals surface area contributed by atoms with Crippen molar-refractivity contribution < 1.29 is 27.5 Å². The minimum atomic E-state index is -4.14. The van der Waals surface area contributed by atoms with E-state index < -0.39 is 18.1 Å². The first-order valence-electron chi connectivity index (χ1n) is 7.47. The summed E-state index contributed by atoms with van der Waals surface area (Å²) in [7, 11) is 0. The van der Waals surface area contributed by atoms with Crippen molar-refractivity contribution in [3.8, 4) is 0 Å². The fourth-order valence-corrected chi connectivity index (χ4v) is 3.25. The number of hydrogen-bond acceptors (Lipinski definition) is 4. The summed E-state index contributed by atoms with van der Waals surface area (Å²) < 4.78 is 43.0. The number of rotatable bonds is 3. The van der Waals surface area contributed by atoms with Gasteiger partial charge in [-0.15, -0.1) is 10.2 Å². The molecule has 1 aromatic heterocycles. The van der Waals surface area contributed by atoms with Crippen molar-refractivity contribution in [2.24, 2.45) is 11.8 Å². The number of alkyl halides is 3. The van der Waals surface area contributed by atoms with Crippen LogP contribution in [0.4, 0.5) is 13.2 Å². The van der Waals surface area contributed by atoms with Crippen LogP contribution in [0.1, 0.15) is 62.1 Å². The Morgan fingerprint density at radius 2 is 1.59 bits per heavy atom. The summed E-state index contributed by atoms with van der Waals surface area (Å²) >= 11 is 0. The van der Waals surface area contributed by atoms with Gasteiger partial charge in [-0.05, 0) is 38.5 Å². The number of hydrogen-bond donors (Lipinski definition) is 1. The zero-order valence-electron chi connectivity index (χ0n) is 11.8. The maximum absolute atomic E-state index is 12.5. The summed E-state index contributed by atoms with van der Waals surface area (Å²) in [4.78, 5) is 10.9. The van der Waals surface area contributed by atoms with Crippen molar-refractivity contribution in [3.05, 3.63) is 11.8 Å². The predicted octanol–water partition coefficient (Wildman–Crippen LogP) is 3.48. The molecular formula is C14H17F3N2O3. The maximum Gasteiger partial charge on any atom is 0.391 e. The summed E-state index contributed by atoms with van der Waals surface area (Å²) in [5, 5.41) is 16.8. The van der Waals surface area contributed by atoms with E-state index in [0.29, 0.717) is 31.6 Å². The Morgan fingerprint density at radius 3 is 2.09 bits per heavy atom. The molecule has 2 aliphatic rings. The third-order valence-electron chi connectivity index (χ3n) is 4.83. The molecule has 0 aliphatic heterocycles. The molecule has 2 aliphatic carbocycles. The fraction of sp³-hybridized carbons (Fsp3) is 0.786. The van der Waals surface area contributed by atoms with Gasteiger partial charge in [0.05, 0.1) is 11.8 Å². The first-order chi connectivity index (χ1) is 10.3. The molecule has 2 fully saturated rings. The van der Waals surface area contributed by atoms with E-state index in [1.54, 1.807) is 0 Å². The van der Waals surface area contributed by atoms with Crippen molar-refractivity contribution in [3.63, 3.8) is 0 Å². The van der Waals surface area contributed by atoms with Crippen LogP contribution in [0.5, 0.6) is 0 Å². The molecule has 0 unspecified atom stereocenters. The quantitative estimate of drug-likeness (QED) is 0.923. The molecule has 0 amide bonds. The van der Waals surface area contributed by atoms with Gasteiger partial charge < -0.3 is 9.52 Å². The van der Waals surface area contributed by atoms with Crippen LogP contribution in [0.2, 0.25) is 0 Å². The maximum atomic E-state index is 12.5. The monoisotopic (exact) mass is 318 g/mol. The number of carbonyl (C=O) groups is 1. The standard InChI is InChI=1S/C14H17F3N2O3/c15-14(16,17)10-5-9(6-10)12-19-18-11(22-12)7-1-3-8(4-2-7)13(20)21/h7-10H,1-6H2,(H,20,21)/t7-,8-,9-,10+. The van der Waals surface area contributed by atoms with Gasteiger partial charge in [0.2, 0.25) is 11.8 Å². The van der Waals surface area contributed by atoms with Crippen LogP contribution in [-0.2, 0) is 4.79 Å². The van der Waals surface area contributed by atoms with Crippen LogP contribution in [0.15, 0.2) is 4.42 Å². The first-order valence-corrected chi connectivity index (χ1v) is 7.47. The molecule has 22 heavy (non-hydrogen) atoms. The van der Waals surface area contributed by atoms with E-state index in [9.17, 15) is 18.0 Å². The Labute approximate surface area is 124 Å². The van der Waals surface area contributed by atoms with Gasteiger partial charge >= 0.3 is 12.1 Å². The van der Waals surface area contributed by atoms with Crippen LogP contribution in [0.25, 0.3) is 0 Å². The lowest BCUT2D eigenvalue weighted by atomic mass is 9.74. The van der Waals surface area contributed by atoms with Gasteiger partial charge in [0.1, 0.15) is 0 Å². The van der Waals surface area contributed by atoms with Gasteiger partial charge in [-0.2, -0.15) is 13.2 Å². The summed E-state index contributed by atoms with van der Waals surface area (Å²) in [5.41, 5.74) is 0. The average Bonchev–Trinajstić information content (AvgIpc) is 2.84. The van der Waals surface area contributed by atoms with Gasteiger partial charge in [-0.1, -0.05) is 0 Å². The number of aliphatic carboxylic acids is 1. The molecule has 0 atom stereocenters. The molecule has 2 saturated carbocycles. The van der Waals surface area contributed by atoms with Gasteiger partial charge in [0.15, 0.2) is 0 Å². The summed E-state index contributed by atoms with van der Waals surface area (Å²) in [6.07, 6.45) is -1.67. The van der Waals surface area contributed by atoms with E-state index >= 15 is 0 Å². The first kappa shape index (κ1) is 15.3. The Morgan fingerprint density at radius 1 is 1.05 bits per heavy atom. The van der Waals surface area contributed by atoms with Crippen molar-refractivity contribution in [2.45, 2.75) is 56.5 Å². The van der Waals surface area contributed by atoms with E-state index in [4.69, 9.17) is 9.52 Å². The molecule has 0 bridgehead atoms. The minimum Gasteiger partial charge on any atom is -0.481 e. The molecule has 0 radical (unpaired) electrons. The second-order valence-corrected chi connectivity index (χ2v) is 6.27. The lowest BCUT2D eigenvalue weighted by Gasteiger charge is -2.34. The second kappa shape index (κ2) is 5.55. The second-order valence-electron chi connectivity index (χ2n) is 6.27. The van der Waals surface area contributed by atoms with Crippen molar-refractivity contribution in [1.82, 2.24) is 10.2 Å². The zero-order valence-corrected chi connectivity index (χ0v) is 11.8. The van der Waals surface area contributed by atoms with Gasteiger partial charge in [-0.3, -0.25) is 4.79 Å². The fourth-order valence-electron chi connectivity index (χ4n) is 3.25. The normalized spacial score (nSPS) is 32.5. The van der Waals surface area contributed by atoms with Crippen LogP contribution in [0.3, 0.4) is 0 Å². The number of halogens is 3. The molecule has 122 valence electrons. The molecule has 0 saturated heterocycles. The predicted molar refractivity (Wildman–Crippen MR) is 68.2 cm³/mol. The number of nitrogens with zero attached hydrogens (tertiary/aromatic N) is 2. The molecular weight excluding hydrogens is 301 g/mol. The van der Waals surface area contributed by atoms with E-state index in [1.807, 2.05) is 0 Å². The van der Waals surface area contributed by atoms with E-state index in [2.05, 4.69) is 10.2 Å². The number of carboxylic acid groups (broad SMARTS) is 1. The highest BCUT2D eigenvalue weighted by molar-refractivity contribution is 5.70. The molecule has 1 heterocycles. The highest BCUT2D eigenvalue weighted by Crippen LogP contribution is 2.49. The highest BCUT2D eigenvalue weighted by Gasteiger charge is 2.49. The van der Waals surface area contributed by atoms with E-state index in [1.165, 1.54) is 0 Å². The summed E-state index contributed by atoms with van der Waals surface area (Å²) in [6, 6.07) is 0. The topological polar surface area (TPSA) is 76.2 Å². The molecule has 1 aromatic rings. The molecule has 1 N–H and O–H groups in total. The van der Waals surface area contributed by atoms with Crippen LogP contribution in [-0.4, -0.2) is 27.4 Å². The number of carboxylic acids is 1. The van der Waals surface area contributed by atoms with Crippen molar-refractivity contribution in [1.29, 1.82) is 0 Å².